The molecule has 1 aromatic carbocycles. The van der Waals surface area contributed by atoms with E-state index in [-0.39, 0.29) is 28.8 Å². The van der Waals surface area contributed by atoms with Crippen LogP contribution in [0.5, 0.6) is 5.75 Å². The molecule has 3 N–H and O–H groups in total. The Hall–Kier alpha value is -2.01. The fourth-order valence-corrected chi connectivity index (χ4v) is 4.01. The number of sulfone groups is 1. The number of carbonyl (C=O) groups is 1. The van der Waals surface area contributed by atoms with Crippen LogP contribution in [0, 0.1) is 5.92 Å². The van der Waals surface area contributed by atoms with Gasteiger partial charge in [-0.1, -0.05) is 0 Å². The summed E-state index contributed by atoms with van der Waals surface area (Å²) in [4.78, 5) is 11.8. The molecule has 1 aromatic rings. The maximum Gasteiger partial charge on any atom is 0.387 e. The Morgan fingerprint density at radius 3 is 2.46 bits per heavy atom. The van der Waals surface area contributed by atoms with Crippen LogP contribution < -0.4 is 20.9 Å². The third-order valence-corrected chi connectivity index (χ3v) is 5.21. The number of hydrogen-bond acceptors (Lipinski definition) is 5. The summed E-state index contributed by atoms with van der Waals surface area (Å²) in [7, 11) is -3.14. The highest BCUT2D eigenvalue weighted by molar-refractivity contribution is 7.91. The number of benzene rings is 1. The number of halogens is 2. The first-order valence-electron chi connectivity index (χ1n) is 6.87. The van der Waals surface area contributed by atoms with Gasteiger partial charge in [-0.2, -0.15) is 8.78 Å². The van der Waals surface area contributed by atoms with Crippen LogP contribution in [0.3, 0.4) is 0 Å². The number of alkyl halides is 2. The van der Waals surface area contributed by atoms with E-state index < -0.39 is 28.3 Å². The Kier molecular flexibility index (Phi) is 5.89. The Morgan fingerprint density at radius 1 is 1.25 bits per heavy atom. The van der Waals surface area contributed by atoms with E-state index in [0.717, 1.165) is 0 Å². The van der Waals surface area contributed by atoms with Crippen LogP contribution in [0.25, 0.3) is 0 Å². The van der Waals surface area contributed by atoms with Crippen LogP contribution in [-0.4, -0.2) is 37.6 Å². The summed E-state index contributed by atoms with van der Waals surface area (Å²) in [5, 5.41) is 2.79. The second kappa shape index (κ2) is 7.71. The summed E-state index contributed by atoms with van der Waals surface area (Å²) in [5.74, 6) is -1.23. The van der Waals surface area contributed by atoms with Gasteiger partial charge in [0, 0.05) is 5.69 Å². The van der Waals surface area contributed by atoms with E-state index in [1.807, 2.05) is 0 Å². The molecule has 0 radical (unpaired) electrons. The van der Waals surface area contributed by atoms with Crippen LogP contribution in [0.2, 0.25) is 0 Å². The van der Waals surface area contributed by atoms with Crippen LogP contribution in [-0.2, 0) is 14.6 Å². The van der Waals surface area contributed by atoms with Gasteiger partial charge in [-0.25, -0.2) is 8.42 Å². The average molecular weight is 379 g/mol. The molecule has 1 atom stereocenters. The third-order valence-electron chi connectivity index (χ3n) is 3.24. The number of carbonyl (C=O) groups excluding carboxylic acids is 1. The molecule has 24 heavy (non-hydrogen) atoms. The van der Waals surface area contributed by atoms with Crippen molar-refractivity contribution in [3.63, 3.8) is 0 Å². The van der Waals surface area contributed by atoms with E-state index in [4.69, 9.17) is 12.2 Å². The number of thiocarbonyl (C=S) groups is 1. The number of nitrogens with one attached hydrogen (secondary N) is 3. The number of amides is 1. The number of anilines is 1. The molecular weight excluding hydrogens is 364 g/mol. The monoisotopic (exact) mass is 379 g/mol. The van der Waals surface area contributed by atoms with Crippen molar-refractivity contribution in [1.82, 2.24) is 10.9 Å². The standard InChI is InChI=1S/C13H15F2N3O4S2/c14-12(15)22-10-3-1-9(2-4-10)16-13(23)18-17-11(19)8-5-6-24(20,21)7-8/h1-4,8,12H,5-7H2,(H,17,19)(H2,16,18,23)/t8-/m0/s1. The highest BCUT2D eigenvalue weighted by Crippen LogP contribution is 2.18. The van der Waals surface area contributed by atoms with Gasteiger partial charge in [-0.05, 0) is 42.9 Å². The van der Waals surface area contributed by atoms with Crippen molar-refractivity contribution >= 4 is 38.8 Å². The fourth-order valence-electron chi connectivity index (χ4n) is 2.10. The molecule has 11 heteroatoms. The van der Waals surface area contributed by atoms with E-state index >= 15 is 0 Å². The van der Waals surface area contributed by atoms with E-state index in [0.29, 0.717) is 5.69 Å². The van der Waals surface area contributed by atoms with Gasteiger partial charge in [-0.3, -0.25) is 15.6 Å². The minimum absolute atomic E-state index is 0.000813. The third kappa shape index (κ3) is 5.57. The summed E-state index contributed by atoms with van der Waals surface area (Å²) in [6.07, 6.45) is 0.279. The smallest absolute Gasteiger partial charge is 0.387 e. The quantitative estimate of drug-likeness (QED) is 0.531. The summed E-state index contributed by atoms with van der Waals surface area (Å²) in [6, 6.07) is 5.60. The van der Waals surface area contributed by atoms with Gasteiger partial charge in [0.05, 0.1) is 17.4 Å². The predicted molar refractivity (Wildman–Crippen MR) is 87.3 cm³/mol. The summed E-state index contributed by atoms with van der Waals surface area (Å²) >= 11 is 4.97. The molecule has 0 unspecified atom stereocenters. The Morgan fingerprint density at radius 2 is 1.92 bits per heavy atom. The predicted octanol–water partition coefficient (Wildman–Crippen LogP) is 1.04. The van der Waals surface area contributed by atoms with E-state index in [9.17, 15) is 22.0 Å². The Labute approximate surface area is 142 Å². The van der Waals surface area contributed by atoms with Crippen molar-refractivity contribution in [3.8, 4) is 5.75 Å². The minimum Gasteiger partial charge on any atom is -0.435 e. The van der Waals surface area contributed by atoms with Crippen molar-refractivity contribution < 1.29 is 26.7 Å². The lowest BCUT2D eigenvalue weighted by atomic mass is 10.1. The zero-order chi connectivity index (χ0) is 17.7. The van der Waals surface area contributed by atoms with Gasteiger partial charge in [0.25, 0.3) is 0 Å². The number of hydrogen-bond donors (Lipinski definition) is 3. The van der Waals surface area contributed by atoms with Crippen molar-refractivity contribution in [2.45, 2.75) is 13.0 Å². The first kappa shape index (κ1) is 18.3. The van der Waals surface area contributed by atoms with Crippen molar-refractivity contribution in [2.24, 2.45) is 5.92 Å². The molecule has 132 valence electrons. The topological polar surface area (TPSA) is 96.5 Å². The molecule has 0 spiro atoms. The zero-order valence-electron chi connectivity index (χ0n) is 12.3. The normalized spacial score (nSPS) is 18.9. The molecule has 0 aromatic heterocycles. The molecule has 1 aliphatic rings. The maximum atomic E-state index is 12.0. The fraction of sp³-hybridized carbons (Fsp3) is 0.385. The summed E-state index contributed by atoms with van der Waals surface area (Å²) < 4.78 is 50.9. The lowest BCUT2D eigenvalue weighted by Crippen LogP contribution is -2.46. The molecule has 0 bridgehead atoms. The van der Waals surface area contributed by atoms with Crippen molar-refractivity contribution in [3.05, 3.63) is 24.3 Å². The van der Waals surface area contributed by atoms with Crippen molar-refractivity contribution in [2.75, 3.05) is 16.8 Å². The molecular formula is C13H15F2N3O4S2. The maximum absolute atomic E-state index is 12.0. The average Bonchev–Trinajstić information content (AvgIpc) is 2.86. The first-order valence-corrected chi connectivity index (χ1v) is 9.10. The lowest BCUT2D eigenvalue weighted by molar-refractivity contribution is -0.124. The highest BCUT2D eigenvalue weighted by atomic mass is 32.2. The lowest BCUT2D eigenvalue weighted by Gasteiger charge is -2.14. The van der Waals surface area contributed by atoms with E-state index in [1.165, 1.54) is 24.3 Å². The van der Waals surface area contributed by atoms with Crippen LogP contribution in [0.15, 0.2) is 24.3 Å². The Balaban J connectivity index is 1.78. The largest absolute Gasteiger partial charge is 0.435 e. The van der Waals surface area contributed by atoms with Gasteiger partial charge in [0.1, 0.15) is 5.75 Å². The second-order valence-electron chi connectivity index (χ2n) is 5.07. The van der Waals surface area contributed by atoms with E-state index in [2.05, 4.69) is 20.9 Å². The summed E-state index contributed by atoms with van der Waals surface area (Å²) in [6.45, 7) is -2.90. The second-order valence-corrected chi connectivity index (χ2v) is 7.71. The molecule has 1 saturated heterocycles. The van der Waals surface area contributed by atoms with Gasteiger partial charge >= 0.3 is 6.61 Å². The van der Waals surface area contributed by atoms with Gasteiger partial charge in [0.2, 0.25) is 5.91 Å². The van der Waals surface area contributed by atoms with Crippen molar-refractivity contribution in [1.29, 1.82) is 0 Å². The summed E-state index contributed by atoms with van der Waals surface area (Å²) in [5.41, 5.74) is 5.29. The SMILES string of the molecule is O=C(NNC(=S)Nc1ccc(OC(F)F)cc1)[C@H]1CCS(=O)(=O)C1. The molecule has 1 aliphatic heterocycles. The van der Waals surface area contributed by atoms with Crippen LogP contribution in [0.1, 0.15) is 6.42 Å². The van der Waals surface area contributed by atoms with Crippen LogP contribution in [0.4, 0.5) is 14.5 Å². The van der Waals surface area contributed by atoms with E-state index in [1.54, 1.807) is 0 Å². The molecule has 1 amide bonds. The molecule has 1 heterocycles. The minimum atomic E-state index is -3.14. The molecule has 7 nitrogen and oxygen atoms in total. The van der Waals surface area contributed by atoms with Gasteiger partial charge in [0.15, 0.2) is 14.9 Å². The Bertz CT molecular complexity index is 710. The van der Waals surface area contributed by atoms with Gasteiger partial charge in [-0.15, -0.1) is 0 Å². The molecule has 1 fully saturated rings. The number of ether oxygens (including phenoxy) is 1. The number of hydrazine groups is 1. The highest BCUT2D eigenvalue weighted by Gasteiger charge is 2.32. The van der Waals surface area contributed by atoms with Crippen LogP contribution >= 0.6 is 12.2 Å². The zero-order valence-corrected chi connectivity index (χ0v) is 13.9. The first-order chi connectivity index (χ1) is 11.2. The molecule has 0 aliphatic carbocycles. The molecule has 0 saturated carbocycles. The molecule has 2 rings (SSSR count). The number of rotatable bonds is 4. The van der Waals surface area contributed by atoms with Gasteiger partial charge < -0.3 is 10.1 Å².